The van der Waals surface area contributed by atoms with E-state index in [1.165, 1.54) is 24.6 Å². The summed E-state index contributed by atoms with van der Waals surface area (Å²) >= 11 is 1.47. The Labute approximate surface area is 158 Å². The number of benzene rings is 1. The molecule has 0 bridgehead atoms. The fourth-order valence-electron chi connectivity index (χ4n) is 3.24. The highest BCUT2D eigenvalue weighted by Gasteiger charge is 2.25. The van der Waals surface area contributed by atoms with Crippen LogP contribution in [-0.4, -0.2) is 51.0 Å². The fraction of sp³-hybridized carbons (Fsp3) is 0.526. The van der Waals surface area contributed by atoms with Gasteiger partial charge in [0.25, 0.3) is 0 Å². The summed E-state index contributed by atoms with van der Waals surface area (Å²) in [5.74, 6) is 1.69. The molecule has 1 atom stereocenters. The molecule has 7 heteroatoms. The van der Waals surface area contributed by atoms with Gasteiger partial charge in [0.05, 0.1) is 17.9 Å². The summed E-state index contributed by atoms with van der Waals surface area (Å²) in [6, 6.07) is 7.74. The van der Waals surface area contributed by atoms with Gasteiger partial charge in [-0.2, -0.15) is 0 Å². The lowest BCUT2D eigenvalue weighted by molar-refractivity contribution is -0.130. The van der Waals surface area contributed by atoms with E-state index in [1.807, 2.05) is 47.7 Å². The van der Waals surface area contributed by atoms with Crippen molar-refractivity contribution in [3.8, 4) is 17.1 Å². The molecule has 3 rings (SSSR count). The van der Waals surface area contributed by atoms with Crippen LogP contribution in [0.1, 0.15) is 32.6 Å². The maximum absolute atomic E-state index is 12.8. The molecule has 1 saturated heterocycles. The zero-order valence-electron chi connectivity index (χ0n) is 15.6. The summed E-state index contributed by atoms with van der Waals surface area (Å²) in [5, 5.41) is 9.18. The molecule has 0 radical (unpaired) electrons. The van der Waals surface area contributed by atoms with Gasteiger partial charge in [0.1, 0.15) is 5.75 Å². The molecule has 0 aliphatic carbocycles. The molecule has 140 valence electrons. The number of carbonyl (C=O) groups excluding carboxylic acids is 1. The Morgan fingerprint density at radius 3 is 2.54 bits per heavy atom. The summed E-state index contributed by atoms with van der Waals surface area (Å²) in [6.07, 6.45) is 4.64. The van der Waals surface area contributed by atoms with Crippen molar-refractivity contribution in [3.63, 3.8) is 0 Å². The lowest BCUT2D eigenvalue weighted by Gasteiger charge is -2.23. The van der Waals surface area contributed by atoms with Gasteiger partial charge >= 0.3 is 0 Å². The van der Waals surface area contributed by atoms with Crippen molar-refractivity contribution in [3.05, 3.63) is 24.3 Å². The van der Waals surface area contributed by atoms with Crippen molar-refractivity contribution in [2.75, 3.05) is 20.2 Å². The number of hydrogen-bond donors (Lipinski definition) is 0. The van der Waals surface area contributed by atoms with Crippen molar-refractivity contribution in [1.82, 2.24) is 19.7 Å². The normalized spacial score (nSPS) is 16.2. The lowest BCUT2D eigenvalue weighted by Crippen LogP contribution is -2.37. The molecule has 1 aliphatic heterocycles. The monoisotopic (exact) mass is 374 g/mol. The number of ether oxygens (including phenoxy) is 1. The Hall–Kier alpha value is -2.02. The molecule has 0 unspecified atom stereocenters. The molecule has 1 amide bonds. The summed E-state index contributed by atoms with van der Waals surface area (Å²) < 4.78 is 7.35. The van der Waals surface area contributed by atoms with Gasteiger partial charge in [-0.05, 0) is 31.9 Å². The van der Waals surface area contributed by atoms with Crippen LogP contribution in [0.25, 0.3) is 11.4 Å². The Morgan fingerprint density at radius 2 is 1.85 bits per heavy atom. The minimum Gasteiger partial charge on any atom is -0.496 e. The highest BCUT2D eigenvalue weighted by atomic mass is 32.2. The van der Waals surface area contributed by atoms with E-state index < -0.39 is 0 Å². The number of likely N-dealkylation sites (tertiary alicyclic amines) is 1. The molecule has 1 aromatic carbocycles. The number of aromatic nitrogens is 3. The SMILES string of the molecule is COc1ccccc1-c1nnc(S[C@@H](C)C(=O)N2CCCCCC2)n1C. The molecule has 6 nitrogen and oxygen atoms in total. The molecule has 0 N–H and O–H groups in total. The van der Waals surface area contributed by atoms with Crippen molar-refractivity contribution >= 4 is 17.7 Å². The number of methoxy groups -OCH3 is 1. The van der Waals surface area contributed by atoms with Crippen molar-refractivity contribution in [2.24, 2.45) is 7.05 Å². The number of carbonyl (C=O) groups is 1. The van der Waals surface area contributed by atoms with Crippen molar-refractivity contribution in [1.29, 1.82) is 0 Å². The molecule has 1 fully saturated rings. The van der Waals surface area contributed by atoms with Gasteiger partial charge < -0.3 is 14.2 Å². The Morgan fingerprint density at radius 1 is 1.15 bits per heavy atom. The predicted molar refractivity (Wildman–Crippen MR) is 103 cm³/mol. The highest BCUT2D eigenvalue weighted by Crippen LogP contribution is 2.31. The zero-order valence-corrected chi connectivity index (χ0v) is 16.5. The van der Waals surface area contributed by atoms with Gasteiger partial charge in [0.2, 0.25) is 5.91 Å². The van der Waals surface area contributed by atoms with Crippen LogP contribution in [0, 0.1) is 0 Å². The quantitative estimate of drug-likeness (QED) is 0.751. The van der Waals surface area contributed by atoms with Gasteiger partial charge in [-0.25, -0.2) is 0 Å². The summed E-state index contributed by atoms with van der Waals surface area (Å²) in [7, 11) is 3.57. The molecule has 1 aliphatic rings. The third-order valence-corrected chi connectivity index (χ3v) is 5.85. The third-order valence-electron chi connectivity index (χ3n) is 4.73. The molecule has 2 aromatic rings. The van der Waals surface area contributed by atoms with Crippen LogP contribution in [0.5, 0.6) is 5.75 Å². The summed E-state index contributed by atoms with van der Waals surface area (Å²) in [4.78, 5) is 14.8. The number of nitrogens with zero attached hydrogens (tertiary/aromatic N) is 4. The first-order chi connectivity index (χ1) is 12.6. The Balaban J connectivity index is 1.74. The second-order valence-electron chi connectivity index (χ2n) is 6.57. The van der Waals surface area contributed by atoms with E-state index in [4.69, 9.17) is 4.74 Å². The van der Waals surface area contributed by atoms with E-state index in [9.17, 15) is 4.79 Å². The number of hydrogen-bond acceptors (Lipinski definition) is 5. The van der Waals surface area contributed by atoms with Crippen LogP contribution in [0.2, 0.25) is 0 Å². The minimum atomic E-state index is -0.179. The predicted octanol–water partition coefficient (Wildman–Crippen LogP) is 3.37. The minimum absolute atomic E-state index is 0.179. The van der Waals surface area contributed by atoms with Crippen LogP contribution in [0.15, 0.2) is 29.4 Å². The van der Waals surface area contributed by atoms with Crippen LogP contribution >= 0.6 is 11.8 Å². The Kier molecular flexibility index (Phi) is 6.19. The second kappa shape index (κ2) is 8.58. The molecule has 1 aromatic heterocycles. The van der Waals surface area contributed by atoms with Gasteiger partial charge in [0.15, 0.2) is 11.0 Å². The topological polar surface area (TPSA) is 60.3 Å². The first-order valence-electron chi connectivity index (χ1n) is 9.10. The van der Waals surface area contributed by atoms with Crippen LogP contribution in [0.4, 0.5) is 0 Å². The lowest BCUT2D eigenvalue weighted by atomic mass is 10.2. The van der Waals surface area contributed by atoms with E-state index >= 15 is 0 Å². The van der Waals surface area contributed by atoms with Crippen molar-refractivity contribution in [2.45, 2.75) is 43.0 Å². The fourth-order valence-corrected chi connectivity index (χ4v) is 4.14. The molecule has 26 heavy (non-hydrogen) atoms. The molecule has 0 saturated carbocycles. The van der Waals surface area contributed by atoms with Gasteiger partial charge in [-0.3, -0.25) is 4.79 Å². The van der Waals surface area contributed by atoms with E-state index in [0.29, 0.717) is 0 Å². The summed E-state index contributed by atoms with van der Waals surface area (Å²) in [6.45, 7) is 3.69. The number of thioether (sulfide) groups is 1. The number of para-hydroxylation sites is 1. The molecule has 0 spiro atoms. The van der Waals surface area contributed by atoms with Crippen LogP contribution in [-0.2, 0) is 11.8 Å². The van der Waals surface area contributed by atoms with Gasteiger partial charge in [0, 0.05) is 20.1 Å². The maximum atomic E-state index is 12.8. The molecule has 2 heterocycles. The maximum Gasteiger partial charge on any atom is 0.235 e. The standard InChI is InChI=1S/C19H26N4O2S/c1-14(18(24)23-12-8-4-5-9-13-23)26-19-21-20-17(22(19)2)15-10-6-7-11-16(15)25-3/h6-7,10-11,14H,4-5,8-9,12-13H2,1-3H3/t14-/m0/s1. The van der Waals surface area contributed by atoms with Crippen molar-refractivity contribution < 1.29 is 9.53 Å². The highest BCUT2D eigenvalue weighted by molar-refractivity contribution is 8.00. The van der Waals surface area contributed by atoms with Gasteiger partial charge in [-0.1, -0.05) is 36.7 Å². The molecular weight excluding hydrogens is 348 g/mol. The van der Waals surface area contributed by atoms with E-state index in [0.717, 1.165) is 48.2 Å². The molecular formula is C19H26N4O2S. The van der Waals surface area contributed by atoms with E-state index in [1.54, 1.807) is 7.11 Å². The number of rotatable bonds is 5. The largest absolute Gasteiger partial charge is 0.496 e. The third kappa shape index (κ3) is 4.03. The van der Waals surface area contributed by atoms with E-state index in [2.05, 4.69) is 10.2 Å². The zero-order chi connectivity index (χ0) is 18.5. The Bertz CT molecular complexity index is 754. The smallest absolute Gasteiger partial charge is 0.235 e. The summed E-state index contributed by atoms with van der Waals surface area (Å²) in [5.41, 5.74) is 0.892. The average molecular weight is 375 g/mol. The van der Waals surface area contributed by atoms with Crippen LogP contribution in [0.3, 0.4) is 0 Å². The average Bonchev–Trinajstić information content (AvgIpc) is 2.87. The first kappa shape index (κ1) is 18.8. The number of amides is 1. The van der Waals surface area contributed by atoms with E-state index in [-0.39, 0.29) is 11.2 Å². The van der Waals surface area contributed by atoms with Crippen LogP contribution < -0.4 is 4.74 Å². The first-order valence-corrected chi connectivity index (χ1v) is 9.98. The van der Waals surface area contributed by atoms with Gasteiger partial charge in [-0.15, -0.1) is 10.2 Å². The second-order valence-corrected chi connectivity index (χ2v) is 7.87.